The molecule has 6 nitrogen and oxygen atoms in total. The van der Waals surface area contributed by atoms with E-state index >= 15 is 0 Å². The second kappa shape index (κ2) is 8.07. The summed E-state index contributed by atoms with van der Waals surface area (Å²) in [5.74, 6) is -0.886. The Morgan fingerprint density at radius 2 is 2.06 bits per heavy atom. The van der Waals surface area contributed by atoms with Crippen molar-refractivity contribution >= 4 is 28.8 Å². The molecule has 31 heavy (non-hydrogen) atoms. The second-order valence-electron chi connectivity index (χ2n) is 7.36. The molecule has 0 radical (unpaired) electrons. The Bertz CT molecular complexity index is 1080. The van der Waals surface area contributed by atoms with E-state index in [1.165, 1.54) is 12.1 Å². The number of aliphatic hydroxyl groups excluding tert-OH is 1. The molecule has 0 fully saturated rings. The van der Waals surface area contributed by atoms with E-state index < -0.39 is 29.7 Å². The Morgan fingerprint density at radius 3 is 2.84 bits per heavy atom. The van der Waals surface area contributed by atoms with Gasteiger partial charge in [-0.1, -0.05) is 12.1 Å². The minimum absolute atomic E-state index is 0.0606. The molecule has 1 unspecified atom stereocenters. The van der Waals surface area contributed by atoms with E-state index in [1.54, 1.807) is 18.2 Å². The number of amides is 2. The maximum Gasteiger partial charge on any atom is 0.416 e. The molecule has 2 heterocycles. The number of ether oxygens (including phenoxy) is 1. The summed E-state index contributed by atoms with van der Waals surface area (Å²) in [6, 6.07) is 8.22. The number of aliphatic hydroxyl groups is 1. The quantitative estimate of drug-likeness (QED) is 0.631. The zero-order valence-corrected chi connectivity index (χ0v) is 16.3. The molecule has 0 saturated carbocycles. The fourth-order valence-electron chi connectivity index (χ4n) is 3.68. The lowest BCUT2D eigenvalue weighted by molar-refractivity contribution is -0.137. The molecule has 162 valence electrons. The molecular formula is C22H19F3N2O4. The fourth-order valence-corrected chi connectivity index (χ4v) is 3.68. The van der Waals surface area contributed by atoms with Crippen LogP contribution in [0.3, 0.4) is 0 Å². The summed E-state index contributed by atoms with van der Waals surface area (Å²) in [6.45, 7) is 0.247. The first-order valence-corrected chi connectivity index (χ1v) is 9.69. The Kier molecular flexibility index (Phi) is 5.45. The van der Waals surface area contributed by atoms with Crippen molar-refractivity contribution in [2.24, 2.45) is 0 Å². The van der Waals surface area contributed by atoms with Crippen molar-refractivity contribution in [3.05, 3.63) is 59.2 Å². The molecule has 0 saturated heterocycles. The zero-order chi connectivity index (χ0) is 22.2. The van der Waals surface area contributed by atoms with Gasteiger partial charge in [-0.3, -0.25) is 9.59 Å². The van der Waals surface area contributed by atoms with E-state index in [0.29, 0.717) is 40.9 Å². The van der Waals surface area contributed by atoms with Crippen LogP contribution < -0.4 is 15.4 Å². The van der Waals surface area contributed by atoms with Crippen LogP contribution in [0.1, 0.15) is 29.5 Å². The highest BCUT2D eigenvalue weighted by Gasteiger charge is 2.32. The van der Waals surface area contributed by atoms with E-state index in [-0.39, 0.29) is 18.8 Å². The van der Waals surface area contributed by atoms with Crippen molar-refractivity contribution < 1.29 is 32.6 Å². The van der Waals surface area contributed by atoms with Crippen LogP contribution in [0, 0.1) is 0 Å². The average Bonchev–Trinajstić information content (AvgIpc) is 2.90. The summed E-state index contributed by atoms with van der Waals surface area (Å²) in [5.41, 5.74) is 1.74. The maximum atomic E-state index is 13.0. The number of carbonyl (C=O) groups is 2. The number of alkyl halides is 3. The van der Waals surface area contributed by atoms with Crippen LogP contribution >= 0.6 is 0 Å². The van der Waals surface area contributed by atoms with Crippen LogP contribution in [0.4, 0.5) is 24.5 Å². The molecule has 3 N–H and O–H groups in total. The minimum Gasteiger partial charge on any atom is -0.493 e. The third-order valence-electron chi connectivity index (χ3n) is 5.20. The number of nitrogens with one attached hydrogen (secondary N) is 2. The average molecular weight is 432 g/mol. The van der Waals surface area contributed by atoms with Gasteiger partial charge in [0.2, 0.25) is 5.91 Å². The highest BCUT2D eigenvalue weighted by Crippen LogP contribution is 2.38. The maximum absolute atomic E-state index is 13.0. The van der Waals surface area contributed by atoms with Crippen LogP contribution in [0.15, 0.2) is 42.5 Å². The molecule has 0 spiro atoms. The van der Waals surface area contributed by atoms with Gasteiger partial charge in [-0.05, 0) is 42.7 Å². The van der Waals surface area contributed by atoms with E-state index in [2.05, 4.69) is 10.6 Å². The van der Waals surface area contributed by atoms with Gasteiger partial charge in [-0.2, -0.15) is 13.2 Å². The Morgan fingerprint density at radius 1 is 1.26 bits per heavy atom. The van der Waals surface area contributed by atoms with Gasteiger partial charge < -0.3 is 20.5 Å². The van der Waals surface area contributed by atoms with Gasteiger partial charge in [0, 0.05) is 35.0 Å². The smallest absolute Gasteiger partial charge is 0.416 e. The molecule has 1 atom stereocenters. The topological polar surface area (TPSA) is 87.7 Å². The molecule has 2 aromatic carbocycles. The van der Waals surface area contributed by atoms with Gasteiger partial charge in [0.1, 0.15) is 11.9 Å². The summed E-state index contributed by atoms with van der Waals surface area (Å²) >= 11 is 0. The number of benzene rings is 2. The van der Waals surface area contributed by atoms with Crippen LogP contribution in [0.25, 0.3) is 5.57 Å². The zero-order valence-electron chi connectivity index (χ0n) is 16.3. The van der Waals surface area contributed by atoms with Gasteiger partial charge in [0.15, 0.2) is 0 Å². The third-order valence-corrected chi connectivity index (χ3v) is 5.20. The Labute approximate surface area is 175 Å². The van der Waals surface area contributed by atoms with Crippen LogP contribution in [0.5, 0.6) is 5.75 Å². The number of allylic oxidation sites excluding steroid dienone is 1. The molecule has 9 heteroatoms. The van der Waals surface area contributed by atoms with Crippen molar-refractivity contribution in [1.29, 1.82) is 0 Å². The van der Waals surface area contributed by atoms with Gasteiger partial charge in [-0.15, -0.1) is 0 Å². The highest BCUT2D eigenvalue weighted by molar-refractivity contribution is 6.06. The molecule has 4 rings (SSSR count). The van der Waals surface area contributed by atoms with Crippen LogP contribution in [-0.2, 0) is 22.2 Å². The Hall–Kier alpha value is -3.33. The first-order valence-electron chi connectivity index (χ1n) is 9.69. The predicted molar refractivity (Wildman–Crippen MR) is 108 cm³/mol. The molecule has 2 aromatic rings. The van der Waals surface area contributed by atoms with Crippen molar-refractivity contribution in [1.82, 2.24) is 0 Å². The van der Waals surface area contributed by atoms with Crippen molar-refractivity contribution in [3.8, 4) is 5.75 Å². The molecular weight excluding hydrogens is 413 g/mol. The van der Waals surface area contributed by atoms with Gasteiger partial charge in [0.25, 0.3) is 5.91 Å². The number of halogens is 3. The lowest BCUT2D eigenvalue weighted by atomic mass is 9.98. The summed E-state index contributed by atoms with van der Waals surface area (Å²) in [7, 11) is 0. The number of anilines is 2. The van der Waals surface area contributed by atoms with E-state index in [0.717, 1.165) is 12.1 Å². The summed E-state index contributed by atoms with van der Waals surface area (Å²) < 4.78 is 44.5. The fraction of sp³-hybridized carbons (Fsp3) is 0.273. The standard InChI is InChI=1S/C22H19F3N2O4/c23-22(24,25)13-6-7-14-12(3-2-8-31-19(14)10-13)9-20(29)26-16-4-1-5-17-15(16)11-18(28)21(30)27-17/h1,4-7,9-10,18,28H,2-3,8,11H2,(H,26,29)(H,27,30)/b12-9+. The summed E-state index contributed by atoms with van der Waals surface area (Å²) in [5, 5.41) is 15.2. The minimum atomic E-state index is -4.49. The lowest BCUT2D eigenvalue weighted by Crippen LogP contribution is -2.34. The van der Waals surface area contributed by atoms with Crippen molar-refractivity contribution in [2.45, 2.75) is 31.5 Å². The van der Waals surface area contributed by atoms with Crippen molar-refractivity contribution in [2.75, 3.05) is 17.2 Å². The van der Waals surface area contributed by atoms with Gasteiger partial charge in [0.05, 0.1) is 12.2 Å². The van der Waals surface area contributed by atoms with Gasteiger partial charge >= 0.3 is 6.18 Å². The first kappa shape index (κ1) is 20.9. The molecule has 2 amide bonds. The largest absolute Gasteiger partial charge is 0.493 e. The second-order valence-corrected chi connectivity index (χ2v) is 7.36. The third kappa shape index (κ3) is 4.41. The molecule has 2 aliphatic heterocycles. The SMILES string of the molecule is O=C(/C=C1\CCCOc2cc(C(F)(F)F)ccc21)Nc1cccc2c1CC(O)C(=O)N2. The predicted octanol–water partition coefficient (Wildman–Crippen LogP) is 3.76. The number of carbonyl (C=O) groups excluding carboxylic acids is 2. The first-order chi connectivity index (χ1) is 14.7. The molecule has 0 aromatic heterocycles. The van der Waals surface area contributed by atoms with Crippen LogP contribution in [-0.4, -0.2) is 29.6 Å². The molecule has 2 aliphatic rings. The number of hydrogen-bond acceptors (Lipinski definition) is 4. The molecule has 0 bridgehead atoms. The number of rotatable bonds is 2. The lowest BCUT2D eigenvalue weighted by Gasteiger charge is -2.23. The number of hydrogen-bond donors (Lipinski definition) is 3. The van der Waals surface area contributed by atoms with E-state index in [4.69, 9.17) is 4.74 Å². The summed E-state index contributed by atoms with van der Waals surface area (Å²) in [4.78, 5) is 24.4. The Balaban J connectivity index is 1.61. The van der Waals surface area contributed by atoms with Crippen molar-refractivity contribution in [3.63, 3.8) is 0 Å². The van der Waals surface area contributed by atoms with E-state index in [9.17, 15) is 27.9 Å². The molecule has 0 aliphatic carbocycles. The van der Waals surface area contributed by atoms with E-state index in [1.807, 2.05) is 0 Å². The summed E-state index contributed by atoms with van der Waals surface area (Å²) in [6.07, 6.45) is -3.28. The monoisotopic (exact) mass is 432 g/mol. The van der Waals surface area contributed by atoms with Crippen LogP contribution in [0.2, 0.25) is 0 Å². The number of fused-ring (bicyclic) bond motifs is 2. The highest BCUT2D eigenvalue weighted by atomic mass is 19.4. The normalized spacial score (nSPS) is 19.5. The van der Waals surface area contributed by atoms with Gasteiger partial charge in [-0.25, -0.2) is 0 Å².